The summed E-state index contributed by atoms with van der Waals surface area (Å²) in [6, 6.07) is 0.636. The maximum absolute atomic E-state index is 12.6. The minimum Gasteiger partial charge on any atom is -0.394 e. The van der Waals surface area contributed by atoms with Gasteiger partial charge in [-0.05, 0) is 6.07 Å². The first-order valence-corrected chi connectivity index (χ1v) is 5.64. The molecule has 0 amide bonds. The molecule has 0 aromatic carbocycles. The highest BCUT2D eigenvalue weighted by Crippen LogP contribution is 2.29. The molecule has 1 atom stereocenters. The predicted octanol–water partition coefficient (Wildman–Crippen LogP) is 0.865. The summed E-state index contributed by atoms with van der Waals surface area (Å²) in [5.41, 5.74) is 3.26. The van der Waals surface area contributed by atoms with Gasteiger partial charge in [-0.2, -0.15) is 13.2 Å². The fraction of sp³-hybridized carbons (Fsp3) is 0.545. The van der Waals surface area contributed by atoms with Crippen LogP contribution < -0.4 is 11.3 Å². The molecule has 1 saturated heterocycles. The van der Waals surface area contributed by atoms with E-state index < -0.39 is 29.1 Å². The summed E-state index contributed by atoms with van der Waals surface area (Å²) in [5.74, 6) is 0. The van der Waals surface area contributed by atoms with Gasteiger partial charge in [0.05, 0.1) is 43.7 Å². The average molecular weight is 278 g/mol. The Bertz CT molecular complexity index is 507. The molecule has 1 unspecified atom stereocenters. The van der Waals surface area contributed by atoms with Crippen molar-refractivity contribution >= 4 is 5.69 Å². The number of ether oxygens (including phenoxy) is 2. The molecule has 1 aliphatic rings. The monoisotopic (exact) mass is 278 g/mol. The summed E-state index contributed by atoms with van der Waals surface area (Å²) in [4.78, 5) is 11.7. The number of alkyl halides is 3. The van der Waals surface area contributed by atoms with Crippen LogP contribution in [0.3, 0.4) is 0 Å². The van der Waals surface area contributed by atoms with E-state index in [-0.39, 0.29) is 13.2 Å². The lowest BCUT2D eigenvalue weighted by molar-refractivity contribution is -0.138. The Morgan fingerprint density at radius 2 is 2.16 bits per heavy atom. The van der Waals surface area contributed by atoms with Gasteiger partial charge in [0.25, 0.3) is 5.56 Å². The normalized spacial score (nSPS) is 20.5. The lowest BCUT2D eigenvalue weighted by atomic mass is 10.2. The molecule has 1 aliphatic heterocycles. The number of anilines is 1. The van der Waals surface area contributed by atoms with Gasteiger partial charge in [0.2, 0.25) is 0 Å². The van der Waals surface area contributed by atoms with E-state index in [0.717, 1.165) is 10.8 Å². The van der Waals surface area contributed by atoms with Gasteiger partial charge in [-0.15, -0.1) is 0 Å². The number of rotatable bonds is 2. The number of pyridine rings is 1. The number of hydrogen-bond donors (Lipinski definition) is 1. The Morgan fingerprint density at radius 3 is 2.74 bits per heavy atom. The van der Waals surface area contributed by atoms with Crippen molar-refractivity contribution in [2.75, 3.05) is 25.6 Å². The molecule has 1 aromatic rings. The summed E-state index contributed by atoms with van der Waals surface area (Å²) in [6.07, 6.45) is -4.25. The first-order valence-electron chi connectivity index (χ1n) is 5.64. The first-order chi connectivity index (χ1) is 8.88. The van der Waals surface area contributed by atoms with E-state index in [1.807, 2.05) is 0 Å². The van der Waals surface area contributed by atoms with Gasteiger partial charge in [0.15, 0.2) is 0 Å². The number of nitrogens with two attached hydrogens (primary N) is 1. The first kappa shape index (κ1) is 13.9. The molecule has 8 heteroatoms. The van der Waals surface area contributed by atoms with E-state index >= 15 is 0 Å². The summed E-state index contributed by atoms with van der Waals surface area (Å²) in [6.45, 7) is 1.01. The van der Waals surface area contributed by atoms with Crippen molar-refractivity contribution in [2.24, 2.45) is 0 Å². The van der Waals surface area contributed by atoms with Crippen molar-refractivity contribution in [1.29, 1.82) is 0 Å². The van der Waals surface area contributed by atoms with Crippen LogP contribution in [0.5, 0.6) is 0 Å². The Balaban J connectivity index is 2.28. The summed E-state index contributed by atoms with van der Waals surface area (Å²) < 4.78 is 49.2. The van der Waals surface area contributed by atoms with Crippen molar-refractivity contribution in [2.45, 2.75) is 18.8 Å². The minimum absolute atomic E-state index is 0.0209. The van der Waals surface area contributed by atoms with Gasteiger partial charge < -0.3 is 19.8 Å². The molecule has 2 N–H and O–H groups in total. The Kier molecular flexibility index (Phi) is 3.81. The number of halogens is 3. The molecule has 0 aliphatic carbocycles. The standard InChI is InChI=1S/C11H13F3N2O3/c12-11(13,14)7-3-9(15)10(17)16(4-7)5-8-6-18-1-2-19-8/h3-4,8H,1-2,5-6,15H2. The lowest BCUT2D eigenvalue weighted by Crippen LogP contribution is -2.36. The molecular formula is C11H13F3N2O3. The molecule has 1 fully saturated rings. The molecule has 5 nitrogen and oxygen atoms in total. The minimum atomic E-state index is -4.55. The molecule has 2 rings (SSSR count). The van der Waals surface area contributed by atoms with Gasteiger partial charge >= 0.3 is 6.18 Å². The van der Waals surface area contributed by atoms with Crippen LogP contribution >= 0.6 is 0 Å². The zero-order valence-electron chi connectivity index (χ0n) is 9.94. The average Bonchev–Trinajstić information content (AvgIpc) is 2.34. The SMILES string of the molecule is Nc1cc(C(F)(F)F)cn(CC2COCCO2)c1=O. The smallest absolute Gasteiger partial charge is 0.394 e. The van der Waals surface area contributed by atoms with E-state index in [9.17, 15) is 18.0 Å². The van der Waals surface area contributed by atoms with Crippen molar-refractivity contribution in [1.82, 2.24) is 4.57 Å². The maximum atomic E-state index is 12.6. The van der Waals surface area contributed by atoms with Gasteiger partial charge in [0, 0.05) is 6.20 Å². The predicted molar refractivity (Wildman–Crippen MR) is 60.7 cm³/mol. The Hall–Kier alpha value is -1.54. The zero-order valence-corrected chi connectivity index (χ0v) is 9.94. The van der Waals surface area contributed by atoms with E-state index in [1.54, 1.807) is 0 Å². The second-order valence-corrected chi connectivity index (χ2v) is 4.21. The second-order valence-electron chi connectivity index (χ2n) is 4.21. The van der Waals surface area contributed by atoms with Crippen LogP contribution in [-0.2, 0) is 22.2 Å². The second kappa shape index (κ2) is 5.22. The van der Waals surface area contributed by atoms with Crippen molar-refractivity contribution in [3.8, 4) is 0 Å². The summed E-state index contributed by atoms with van der Waals surface area (Å²) in [5, 5.41) is 0. The zero-order chi connectivity index (χ0) is 14.0. The highest BCUT2D eigenvalue weighted by Gasteiger charge is 2.32. The fourth-order valence-electron chi connectivity index (χ4n) is 1.81. The molecule has 1 aromatic heterocycles. The van der Waals surface area contributed by atoms with E-state index in [4.69, 9.17) is 15.2 Å². The largest absolute Gasteiger partial charge is 0.417 e. The quantitative estimate of drug-likeness (QED) is 0.871. The molecule has 0 spiro atoms. The van der Waals surface area contributed by atoms with Crippen LogP contribution in [0.4, 0.5) is 18.9 Å². The number of nitrogens with zero attached hydrogens (tertiary/aromatic N) is 1. The van der Waals surface area contributed by atoms with Crippen LogP contribution in [-0.4, -0.2) is 30.5 Å². The Morgan fingerprint density at radius 1 is 1.42 bits per heavy atom. The molecule has 2 heterocycles. The molecule has 0 radical (unpaired) electrons. The highest BCUT2D eigenvalue weighted by molar-refractivity contribution is 5.38. The van der Waals surface area contributed by atoms with E-state index in [0.29, 0.717) is 19.3 Å². The number of aromatic nitrogens is 1. The third-order valence-corrected chi connectivity index (χ3v) is 2.73. The summed E-state index contributed by atoms with van der Waals surface area (Å²) in [7, 11) is 0. The molecule has 0 saturated carbocycles. The summed E-state index contributed by atoms with van der Waals surface area (Å²) >= 11 is 0. The molecule has 106 valence electrons. The third kappa shape index (κ3) is 3.27. The van der Waals surface area contributed by atoms with Gasteiger partial charge in [-0.25, -0.2) is 0 Å². The van der Waals surface area contributed by atoms with Crippen LogP contribution in [0.25, 0.3) is 0 Å². The fourth-order valence-corrected chi connectivity index (χ4v) is 1.81. The number of hydrogen-bond acceptors (Lipinski definition) is 4. The van der Waals surface area contributed by atoms with Gasteiger partial charge in [-0.3, -0.25) is 4.79 Å². The molecule has 19 heavy (non-hydrogen) atoms. The Labute approximate surface area is 106 Å². The lowest BCUT2D eigenvalue weighted by Gasteiger charge is -2.24. The van der Waals surface area contributed by atoms with Crippen LogP contribution in [0.1, 0.15) is 5.56 Å². The van der Waals surface area contributed by atoms with E-state index in [1.165, 1.54) is 0 Å². The van der Waals surface area contributed by atoms with Gasteiger partial charge in [0.1, 0.15) is 0 Å². The van der Waals surface area contributed by atoms with Crippen LogP contribution in [0.2, 0.25) is 0 Å². The van der Waals surface area contributed by atoms with Crippen LogP contribution in [0.15, 0.2) is 17.1 Å². The highest BCUT2D eigenvalue weighted by atomic mass is 19.4. The third-order valence-electron chi connectivity index (χ3n) is 2.73. The molecule has 0 bridgehead atoms. The van der Waals surface area contributed by atoms with Gasteiger partial charge in [-0.1, -0.05) is 0 Å². The van der Waals surface area contributed by atoms with Crippen LogP contribution in [0, 0.1) is 0 Å². The van der Waals surface area contributed by atoms with Crippen molar-refractivity contribution in [3.05, 3.63) is 28.2 Å². The van der Waals surface area contributed by atoms with E-state index in [2.05, 4.69) is 0 Å². The molecular weight excluding hydrogens is 265 g/mol. The topological polar surface area (TPSA) is 66.5 Å². The maximum Gasteiger partial charge on any atom is 0.417 e. The van der Waals surface area contributed by atoms with Crippen molar-refractivity contribution in [3.63, 3.8) is 0 Å². The number of nitrogen functional groups attached to an aromatic ring is 1. The van der Waals surface area contributed by atoms with Crippen molar-refractivity contribution < 1.29 is 22.6 Å².